The van der Waals surface area contributed by atoms with E-state index in [9.17, 15) is 14.3 Å². The largest absolute Gasteiger partial charge is 0.504 e. The summed E-state index contributed by atoms with van der Waals surface area (Å²) in [4.78, 5) is 11.1. The highest BCUT2D eigenvalue weighted by Gasteiger charge is 2.18. The van der Waals surface area contributed by atoms with Gasteiger partial charge in [-0.3, -0.25) is 0 Å². The van der Waals surface area contributed by atoms with Crippen molar-refractivity contribution in [2.75, 3.05) is 7.11 Å². The molecule has 1 aromatic carbocycles. The van der Waals surface area contributed by atoms with E-state index in [4.69, 9.17) is 0 Å². The number of esters is 1. The summed E-state index contributed by atoms with van der Waals surface area (Å²) >= 11 is 1.81. The van der Waals surface area contributed by atoms with Crippen LogP contribution in [0.5, 0.6) is 5.75 Å². The van der Waals surface area contributed by atoms with E-state index in [0.717, 1.165) is 6.07 Å². The zero-order valence-corrected chi connectivity index (χ0v) is 8.83. The number of hydrogen-bond acceptors (Lipinski definition) is 3. The van der Waals surface area contributed by atoms with Crippen LogP contribution >= 0.6 is 22.6 Å². The first kappa shape index (κ1) is 10.2. The van der Waals surface area contributed by atoms with Crippen LogP contribution in [0.15, 0.2) is 12.1 Å². The molecule has 13 heavy (non-hydrogen) atoms. The third kappa shape index (κ3) is 1.90. The third-order valence-electron chi connectivity index (χ3n) is 1.47. The molecule has 1 rings (SSSR count). The molecule has 0 aromatic heterocycles. The molecule has 0 amide bonds. The Morgan fingerprint density at radius 3 is 2.77 bits per heavy atom. The quantitative estimate of drug-likeness (QED) is 0.636. The molecule has 0 aliphatic rings. The van der Waals surface area contributed by atoms with Crippen LogP contribution in [-0.2, 0) is 4.74 Å². The summed E-state index contributed by atoms with van der Waals surface area (Å²) < 4.78 is 17.6. The molecule has 1 N–H and O–H groups in total. The maximum absolute atomic E-state index is 12.8. The van der Waals surface area contributed by atoms with Crippen molar-refractivity contribution >= 4 is 28.6 Å². The number of phenols is 1. The molecule has 0 saturated heterocycles. The number of carbonyl (C=O) groups is 1. The number of halogens is 2. The second-order valence-corrected chi connectivity index (χ2v) is 3.41. The Hall–Kier alpha value is -0.850. The van der Waals surface area contributed by atoms with E-state index in [1.165, 1.54) is 13.2 Å². The average molecular weight is 296 g/mol. The van der Waals surface area contributed by atoms with Crippen molar-refractivity contribution in [1.82, 2.24) is 0 Å². The van der Waals surface area contributed by atoms with Crippen LogP contribution in [-0.4, -0.2) is 18.2 Å². The summed E-state index contributed by atoms with van der Waals surface area (Å²) in [5, 5.41) is 9.20. The Kier molecular flexibility index (Phi) is 3.07. The highest BCUT2D eigenvalue weighted by Crippen LogP contribution is 2.26. The Labute approximate surface area is 87.7 Å². The van der Waals surface area contributed by atoms with E-state index < -0.39 is 17.5 Å². The smallest absolute Gasteiger partial charge is 0.342 e. The zero-order chi connectivity index (χ0) is 10.0. The van der Waals surface area contributed by atoms with Gasteiger partial charge in [-0.1, -0.05) is 0 Å². The molecular weight excluding hydrogens is 290 g/mol. The fraction of sp³-hybridized carbons (Fsp3) is 0.125. The monoisotopic (exact) mass is 296 g/mol. The standard InChI is InChI=1S/C8H6FIO3/c1-13-8(12)6-5(10)3-2-4(9)7(6)11/h2-3,11H,1H3. The highest BCUT2D eigenvalue weighted by molar-refractivity contribution is 14.1. The molecule has 1 aromatic rings. The van der Waals surface area contributed by atoms with Gasteiger partial charge in [0.2, 0.25) is 0 Å². The second-order valence-electron chi connectivity index (χ2n) is 2.24. The first-order valence-electron chi connectivity index (χ1n) is 3.33. The van der Waals surface area contributed by atoms with Crippen molar-refractivity contribution < 1.29 is 19.0 Å². The van der Waals surface area contributed by atoms with Crippen molar-refractivity contribution in [3.63, 3.8) is 0 Å². The zero-order valence-electron chi connectivity index (χ0n) is 6.67. The lowest BCUT2D eigenvalue weighted by atomic mass is 10.2. The average Bonchev–Trinajstić information content (AvgIpc) is 2.12. The molecule has 0 bridgehead atoms. The molecular formula is C8H6FIO3. The predicted molar refractivity (Wildman–Crippen MR) is 52.1 cm³/mol. The highest BCUT2D eigenvalue weighted by atomic mass is 127. The number of phenolic OH excluding ortho intramolecular Hbond substituents is 1. The maximum Gasteiger partial charge on any atom is 0.342 e. The molecule has 0 radical (unpaired) electrons. The molecule has 0 atom stereocenters. The second kappa shape index (κ2) is 3.91. The molecule has 0 unspecified atom stereocenters. The van der Waals surface area contributed by atoms with Crippen LogP contribution < -0.4 is 0 Å². The fourth-order valence-electron chi connectivity index (χ4n) is 0.837. The first-order chi connectivity index (χ1) is 6.07. The Bertz CT molecular complexity index is 351. The van der Waals surface area contributed by atoms with Crippen LogP contribution in [0.25, 0.3) is 0 Å². The van der Waals surface area contributed by atoms with E-state index in [1.807, 2.05) is 22.6 Å². The van der Waals surface area contributed by atoms with E-state index >= 15 is 0 Å². The van der Waals surface area contributed by atoms with Crippen molar-refractivity contribution in [3.8, 4) is 5.75 Å². The van der Waals surface area contributed by atoms with Gasteiger partial charge in [-0.25, -0.2) is 9.18 Å². The van der Waals surface area contributed by atoms with Crippen LogP contribution in [0.2, 0.25) is 0 Å². The predicted octanol–water partition coefficient (Wildman–Crippen LogP) is 1.92. The number of ether oxygens (including phenoxy) is 1. The lowest BCUT2D eigenvalue weighted by molar-refractivity contribution is 0.0595. The molecule has 0 aliphatic heterocycles. The lowest BCUT2D eigenvalue weighted by Gasteiger charge is -2.05. The molecule has 0 saturated carbocycles. The summed E-state index contributed by atoms with van der Waals surface area (Å²) in [5.41, 5.74) is -0.136. The van der Waals surface area contributed by atoms with Crippen LogP contribution in [0.3, 0.4) is 0 Å². The summed E-state index contributed by atoms with van der Waals surface area (Å²) in [6.07, 6.45) is 0. The number of hydrogen-bond donors (Lipinski definition) is 1. The van der Waals surface area contributed by atoms with Gasteiger partial charge in [-0.2, -0.15) is 0 Å². The topological polar surface area (TPSA) is 46.5 Å². The minimum Gasteiger partial charge on any atom is -0.504 e. The van der Waals surface area contributed by atoms with Gasteiger partial charge in [0.15, 0.2) is 11.6 Å². The number of aromatic hydroxyl groups is 1. The van der Waals surface area contributed by atoms with Gasteiger partial charge in [-0.05, 0) is 34.7 Å². The van der Waals surface area contributed by atoms with Crippen molar-refractivity contribution in [3.05, 3.63) is 27.1 Å². The normalized spacial score (nSPS) is 9.77. The summed E-state index contributed by atoms with van der Waals surface area (Å²) in [7, 11) is 1.17. The number of methoxy groups -OCH3 is 1. The van der Waals surface area contributed by atoms with E-state index in [-0.39, 0.29) is 5.56 Å². The number of benzene rings is 1. The van der Waals surface area contributed by atoms with Gasteiger partial charge in [0.1, 0.15) is 5.56 Å². The molecule has 5 heteroatoms. The van der Waals surface area contributed by atoms with Gasteiger partial charge in [0.05, 0.1) is 7.11 Å². The SMILES string of the molecule is COC(=O)c1c(I)ccc(F)c1O. The van der Waals surface area contributed by atoms with Gasteiger partial charge in [-0.15, -0.1) is 0 Å². The van der Waals surface area contributed by atoms with Crippen LogP contribution in [0, 0.1) is 9.39 Å². The summed E-state index contributed by atoms with van der Waals surface area (Å²) in [6.45, 7) is 0. The van der Waals surface area contributed by atoms with Crippen molar-refractivity contribution in [2.45, 2.75) is 0 Å². The van der Waals surface area contributed by atoms with E-state index in [0.29, 0.717) is 3.57 Å². The lowest BCUT2D eigenvalue weighted by Crippen LogP contribution is -2.05. The molecule has 0 fully saturated rings. The minimum absolute atomic E-state index is 0.136. The summed E-state index contributed by atoms with van der Waals surface area (Å²) in [6, 6.07) is 2.48. The summed E-state index contributed by atoms with van der Waals surface area (Å²) in [5.74, 6) is -2.25. The molecule has 70 valence electrons. The molecule has 0 spiro atoms. The van der Waals surface area contributed by atoms with Gasteiger partial charge < -0.3 is 9.84 Å². The number of rotatable bonds is 1. The molecule has 0 heterocycles. The fourth-order valence-corrected chi connectivity index (χ4v) is 1.49. The van der Waals surface area contributed by atoms with Crippen LogP contribution in [0.4, 0.5) is 4.39 Å². The maximum atomic E-state index is 12.8. The number of carbonyl (C=O) groups excluding carboxylic acids is 1. The Morgan fingerprint density at radius 1 is 1.62 bits per heavy atom. The van der Waals surface area contributed by atoms with E-state index in [1.54, 1.807) is 0 Å². The van der Waals surface area contributed by atoms with Crippen molar-refractivity contribution in [2.24, 2.45) is 0 Å². The van der Waals surface area contributed by atoms with Gasteiger partial charge in [0.25, 0.3) is 0 Å². The molecule has 0 aliphatic carbocycles. The minimum atomic E-state index is -0.833. The Balaban J connectivity index is 3.33. The molecule has 3 nitrogen and oxygen atoms in total. The Morgan fingerprint density at radius 2 is 2.23 bits per heavy atom. The first-order valence-corrected chi connectivity index (χ1v) is 4.41. The van der Waals surface area contributed by atoms with Gasteiger partial charge >= 0.3 is 5.97 Å². The van der Waals surface area contributed by atoms with Gasteiger partial charge in [0, 0.05) is 3.57 Å². The third-order valence-corrected chi connectivity index (χ3v) is 2.37. The van der Waals surface area contributed by atoms with Crippen molar-refractivity contribution in [1.29, 1.82) is 0 Å². The van der Waals surface area contributed by atoms with E-state index in [2.05, 4.69) is 4.74 Å². The van der Waals surface area contributed by atoms with Crippen LogP contribution in [0.1, 0.15) is 10.4 Å².